The van der Waals surface area contributed by atoms with Crippen molar-refractivity contribution < 1.29 is 9.53 Å². The van der Waals surface area contributed by atoms with Gasteiger partial charge in [-0.25, -0.2) is 10.2 Å². The molecule has 0 aliphatic carbocycles. The van der Waals surface area contributed by atoms with Gasteiger partial charge < -0.3 is 9.72 Å². The zero-order valence-electron chi connectivity index (χ0n) is 11.0. The smallest absolute Gasteiger partial charge is 0.325 e. The summed E-state index contributed by atoms with van der Waals surface area (Å²) in [7, 11) is 1.52. The number of amides is 1. The number of carbonyl (C=O) groups is 1. The van der Waals surface area contributed by atoms with Crippen LogP contribution in [0.15, 0.2) is 45.2 Å². The zero-order valence-corrected chi connectivity index (χ0v) is 11.0. The maximum atomic E-state index is 11.7. The first kappa shape index (κ1) is 14.3. The predicted molar refractivity (Wildman–Crippen MR) is 75.7 cm³/mol. The van der Waals surface area contributed by atoms with E-state index in [-0.39, 0.29) is 5.56 Å². The summed E-state index contributed by atoms with van der Waals surface area (Å²) in [6.07, 6.45) is 2.41. The second kappa shape index (κ2) is 6.33. The molecule has 8 nitrogen and oxygen atoms in total. The van der Waals surface area contributed by atoms with Crippen LogP contribution in [-0.2, 0) is 0 Å². The average molecular weight is 288 g/mol. The third kappa shape index (κ3) is 3.44. The van der Waals surface area contributed by atoms with E-state index >= 15 is 0 Å². The molecule has 1 heterocycles. The Morgan fingerprint density at radius 2 is 2.10 bits per heavy atom. The average Bonchev–Trinajstić information content (AvgIpc) is 2.47. The maximum Gasteiger partial charge on any atom is 0.325 e. The summed E-state index contributed by atoms with van der Waals surface area (Å²) in [6.45, 7) is 0. The van der Waals surface area contributed by atoms with Crippen LogP contribution in [0.3, 0.4) is 0 Å². The fourth-order valence-corrected chi connectivity index (χ4v) is 1.57. The Morgan fingerprint density at radius 1 is 1.33 bits per heavy atom. The topological polar surface area (TPSA) is 116 Å². The molecule has 0 atom stereocenters. The minimum Gasteiger partial charge on any atom is -0.496 e. The third-order valence-corrected chi connectivity index (χ3v) is 2.57. The van der Waals surface area contributed by atoms with Crippen LogP contribution < -0.4 is 21.4 Å². The Balaban J connectivity index is 2.12. The van der Waals surface area contributed by atoms with Gasteiger partial charge in [0.2, 0.25) is 0 Å². The summed E-state index contributed by atoms with van der Waals surface area (Å²) in [6, 6.07) is 7.09. The zero-order chi connectivity index (χ0) is 15.2. The number of aromatic amines is 2. The van der Waals surface area contributed by atoms with Crippen LogP contribution in [-0.4, -0.2) is 29.2 Å². The fraction of sp³-hybridized carbons (Fsp3) is 0.0769. The number of benzene rings is 1. The van der Waals surface area contributed by atoms with Crippen LogP contribution in [0.5, 0.6) is 5.75 Å². The van der Waals surface area contributed by atoms with E-state index in [0.717, 1.165) is 6.20 Å². The van der Waals surface area contributed by atoms with Gasteiger partial charge in [-0.2, -0.15) is 5.10 Å². The summed E-state index contributed by atoms with van der Waals surface area (Å²) in [5.74, 6) is -0.143. The number of carbonyl (C=O) groups excluding carboxylic acids is 1. The Bertz CT molecular complexity index is 791. The molecule has 1 aromatic heterocycles. The van der Waals surface area contributed by atoms with E-state index in [0.29, 0.717) is 11.3 Å². The van der Waals surface area contributed by atoms with Gasteiger partial charge in [-0.15, -0.1) is 0 Å². The normalized spacial score (nSPS) is 10.5. The van der Waals surface area contributed by atoms with Gasteiger partial charge in [-0.05, 0) is 12.1 Å². The number of nitrogens with one attached hydrogen (secondary N) is 3. The van der Waals surface area contributed by atoms with E-state index in [1.165, 1.54) is 13.3 Å². The number of H-pyrrole nitrogens is 2. The van der Waals surface area contributed by atoms with Gasteiger partial charge in [0.25, 0.3) is 11.5 Å². The number of para-hydroxylation sites is 1. The molecule has 108 valence electrons. The molecule has 2 aromatic rings. The summed E-state index contributed by atoms with van der Waals surface area (Å²) >= 11 is 0. The Hall–Kier alpha value is -3.16. The van der Waals surface area contributed by atoms with Gasteiger partial charge in [0.1, 0.15) is 11.3 Å². The Labute approximate surface area is 118 Å². The highest BCUT2D eigenvalue weighted by molar-refractivity contribution is 5.94. The molecule has 0 radical (unpaired) electrons. The molecule has 0 saturated carbocycles. The first-order valence-corrected chi connectivity index (χ1v) is 5.90. The summed E-state index contributed by atoms with van der Waals surface area (Å²) in [5, 5.41) is 3.74. The quantitative estimate of drug-likeness (QED) is 0.535. The number of hydrogen-bond acceptors (Lipinski definition) is 5. The molecule has 0 aliphatic heterocycles. The molecule has 0 saturated heterocycles. The highest BCUT2D eigenvalue weighted by atomic mass is 16.5. The molecule has 0 unspecified atom stereocenters. The van der Waals surface area contributed by atoms with E-state index in [4.69, 9.17) is 4.74 Å². The lowest BCUT2D eigenvalue weighted by Gasteiger charge is -2.03. The SMILES string of the molecule is COc1ccccc1/C=N/NC(=O)c1c[nH]c(=O)[nH]c1=O. The molecule has 2 rings (SSSR count). The van der Waals surface area contributed by atoms with Crippen LogP contribution in [0.4, 0.5) is 0 Å². The number of ether oxygens (including phenoxy) is 1. The van der Waals surface area contributed by atoms with Crippen LogP contribution in [0.25, 0.3) is 0 Å². The largest absolute Gasteiger partial charge is 0.496 e. The monoisotopic (exact) mass is 288 g/mol. The van der Waals surface area contributed by atoms with Gasteiger partial charge in [-0.3, -0.25) is 14.6 Å². The lowest BCUT2D eigenvalue weighted by Crippen LogP contribution is -2.31. The van der Waals surface area contributed by atoms with Crippen LogP contribution in [0.1, 0.15) is 15.9 Å². The fourth-order valence-electron chi connectivity index (χ4n) is 1.57. The van der Waals surface area contributed by atoms with Crippen molar-refractivity contribution in [1.82, 2.24) is 15.4 Å². The molecule has 0 aliphatic rings. The van der Waals surface area contributed by atoms with E-state index in [9.17, 15) is 14.4 Å². The van der Waals surface area contributed by atoms with Crippen molar-refractivity contribution in [2.75, 3.05) is 7.11 Å². The van der Waals surface area contributed by atoms with Gasteiger partial charge in [0.15, 0.2) is 0 Å². The molecule has 3 N–H and O–H groups in total. The Kier molecular flexibility index (Phi) is 4.30. The number of hydrazone groups is 1. The number of methoxy groups -OCH3 is 1. The molecular formula is C13H12N4O4. The Morgan fingerprint density at radius 3 is 2.81 bits per heavy atom. The van der Waals surface area contributed by atoms with E-state index in [1.807, 2.05) is 4.98 Å². The van der Waals surface area contributed by atoms with E-state index < -0.39 is 17.2 Å². The molecule has 1 amide bonds. The van der Waals surface area contributed by atoms with Crippen molar-refractivity contribution in [2.24, 2.45) is 5.10 Å². The van der Waals surface area contributed by atoms with Gasteiger partial charge in [0.05, 0.1) is 13.3 Å². The van der Waals surface area contributed by atoms with Crippen molar-refractivity contribution in [1.29, 1.82) is 0 Å². The van der Waals surface area contributed by atoms with Crippen molar-refractivity contribution in [3.63, 3.8) is 0 Å². The maximum absolute atomic E-state index is 11.7. The summed E-state index contributed by atoms with van der Waals surface area (Å²) < 4.78 is 5.12. The van der Waals surface area contributed by atoms with Crippen molar-refractivity contribution in [3.05, 3.63) is 62.4 Å². The highest BCUT2D eigenvalue weighted by Gasteiger charge is 2.09. The lowest BCUT2D eigenvalue weighted by molar-refractivity contribution is 0.0953. The van der Waals surface area contributed by atoms with Gasteiger partial charge >= 0.3 is 5.69 Å². The summed E-state index contributed by atoms with van der Waals surface area (Å²) in [4.78, 5) is 38.1. The molecule has 21 heavy (non-hydrogen) atoms. The molecule has 0 fully saturated rings. The molecule has 8 heteroatoms. The highest BCUT2D eigenvalue weighted by Crippen LogP contribution is 2.14. The van der Waals surface area contributed by atoms with Crippen molar-refractivity contribution in [2.45, 2.75) is 0 Å². The minimum absolute atomic E-state index is 0.244. The van der Waals surface area contributed by atoms with Crippen molar-refractivity contribution in [3.8, 4) is 5.75 Å². The van der Waals surface area contributed by atoms with Crippen LogP contribution >= 0.6 is 0 Å². The standard InChI is InChI=1S/C13H12N4O4/c1-21-10-5-3-2-4-8(10)6-15-17-12(19)9-7-14-13(20)16-11(9)18/h2-7H,1H3,(H,17,19)(H2,14,16,18,20)/b15-6+. The number of nitrogens with zero attached hydrogens (tertiary/aromatic N) is 1. The third-order valence-electron chi connectivity index (χ3n) is 2.57. The summed E-state index contributed by atoms with van der Waals surface area (Å²) in [5.41, 5.74) is 1.14. The molecule has 0 spiro atoms. The molecular weight excluding hydrogens is 276 g/mol. The van der Waals surface area contributed by atoms with Crippen LogP contribution in [0, 0.1) is 0 Å². The second-order valence-corrected chi connectivity index (χ2v) is 3.93. The minimum atomic E-state index is -0.788. The number of aromatic nitrogens is 2. The van der Waals surface area contributed by atoms with Crippen molar-refractivity contribution >= 4 is 12.1 Å². The number of hydrogen-bond donors (Lipinski definition) is 3. The first-order chi connectivity index (χ1) is 10.1. The van der Waals surface area contributed by atoms with Crippen LogP contribution in [0.2, 0.25) is 0 Å². The second-order valence-electron chi connectivity index (χ2n) is 3.93. The van der Waals surface area contributed by atoms with E-state index in [1.54, 1.807) is 24.3 Å². The lowest BCUT2D eigenvalue weighted by atomic mass is 10.2. The van der Waals surface area contributed by atoms with Gasteiger partial charge in [-0.1, -0.05) is 12.1 Å². The first-order valence-electron chi connectivity index (χ1n) is 5.90. The van der Waals surface area contributed by atoms with Gasteiger partial charge in [0, 0.05) is 11.8 Å². The number of rotatable bonds is 4. The predicted octanol–water partition coefficient (Wildman–Crippen LogP) is -0.164. The molecule has 1 aromatic carbocycles. The molecule has 0 bridgehead atoms. The van der Waals surface area contributed by atoms with E-state index in [2.05, 4.69) is 15.5 Å².